The summed E-state index contributed by atoms with van der Waals surface area (Å²) in [6.45, 7) is 7.74. The molecule has 1 saturated carbocycles. The fraction of sp³-hybridized carbons (Fsp3) is 0.321. The number of amides is 1. The number of fused-ring (bicyclic) bond motifs is 1. The Bertz CT molecular complexity index is 1630. The van der Waals surface area contributed by atoms with E-state index in [4.69, 9.17) is 9.52 Å². The van der Waals surface area contributed by atoms with E-state index in [-0.39, 0.29) is 28.9 Å². The maximum absolute atomic E-state index is 15.2. The molecule has 2 heterocycles. The molecule has 1 aliphatic rings. The maximum atomic E-state index is 15.2. The van der Waals surface area contributed by atoms with Crippen LogP contribution in [0.2, 0.25) is 0 Å². The van der Waals surface area contributed by atoms with Gasteiger partial charge in [-0.05, 0) is 82.0 Å². The molecule has 5 rings (SSSR count). The summed E-state index contributed by atoms with van der Waals surface area (Å²) in [5.41, 5.74) is 1.99. The number of aromatic nitrogens is 3. The van der Waals surface area contributed by atoms with Crippen molar-refractivity contribution in [3.8, 4) is 11.5 Å². The Kier molecular flexibility index (Phi) is 6.46. The van der Waals surface area contributed by atoms with Crippen LogP contribution in [0.5, 0.6) is 11.5 Å². The van der Waals surface area contributed by atoms with Crippen LogP contribution in [0.3, 0.4) is 0 Å². The van der Waals surface area contributed by atoms with Gasteiger partial charge in [0.2, 0.25) is 5.91 Å². The number of halogens is 1. The third kappa shape index (κ3) is 5.26. The number of benzene rings is 2. The molecular weight excluding hydrogens is 505 g/mol. The maximum Gasteiger partial charge on any atom is 0.228 e. The molecule has 1 atom stereocenters. The van der Waals surface area contributed by atoms with Crippen LogP contribution in [0.25, 0.3) is 10.9 Å². The van der Waals surface area contributed by atoms with Crippen molar-refractivity contribution in [2.75, 3.05) is 5.32 Å². The van der Waals surface area contributed by atoms with E-state index in [9.17, 15) is 9.00 Å². The minimum Gasteiger partial charge on any atom is -0.453 e. The Labute approximate surface area is 221 Å². The van der Waals surface area contributed by atoms with Gasteiger partial charge in [0, 0.05) is 27.9 Å². The fourth-order valence-corrected chi connectivity index (χ4v) is 6.01. The lowest BCUT2D eigenvalue weighted by molar-refractivity contribution is -0.115. The topological polar surface area (TPSA) is 110 Å². The molecule has 0 radical (unpaired) electrons. The third-order valence-corrected chi connectivity index (χ3v) is 8.80. The van der Waals surface area contributed by atoms with Crippen LogP contribution >= 0.6 is 0 Å². The van der Waals surface area contributed by atoms with Gasteiger partial charge >= 0.3 is 0 Å². The minimum absolute atomic E-state index is 0.0146. The molecule has 1 aliphatic carbocycles. The molecule has 4 aromatic rings. The van der Waals surface area contributed by atoms with E-state index in [1.807, 2.05) is 20.8 Å². The average molecular weight is 536 g/mol. The van der Waals surface area contributed by atoms with E-state index in [0.717, 1.165) is 12.8 Å². The van der Waals surface area contributed by atoms with Gasteiger partial charge in [0.1, 0.15) is 5.75 Å². The van der Waals surface area contributed by atoms with Crippen molar-refractivity contribution in [3.63, 3.8) is 0 Å². The Morgan fingerprint density at radius 1 is 1.24 bits per heavy atom. The van der Waals surface area contributed by atoms with Gasteiger partial charge < -0.3 is 10.1 Å². The number of carbonyl (C=O) groups is 1. The Hall–Kier alpha value is -3.79. The van der Waals surface area contributed by atoms with Crippen molar-refractivity contribution < 1.29 is 18.1 Å². The van der Waals surface area contributed by atoms with Gasteiger partial charge in [0.25, 0.3) is 0 Å². The quantitative estimate of drug-likeness (QED) is 0.294. The number of pyridine rings is 1. The minimum atomic E-state index is -2.91. The summed E-state index contributed by atoms with van der Waals surface area (Å²) in [7, 11) is -2.91. The van der Waals surface area contributed by atoms with Crippen LogP contribution in [0.1, 0.15) is 44.7 Å². The van der Waals surface area contributed by atoms with Crippen LogP contribution in [0.4, 0.5) is 10.1 Å². The summed E-state index contributed by atoms with van der Waals surface area (Å²) in [5, 5.41) is 7.51. The van der Waals surface area contributed by atoms with Crippen LogP contribution in [-0.4, -0.2) is 30.1 Å². The zero-order valence-corrected chi connectivity index (χ0v) is 22.6. The summed E-state index contributed by atoms with van der Waals surface area (Å²) in [4.78, 5) is 17.4. The number of rotatable bonds is 7. The summed E-state index contributed by atoms with van der Waals surface area (Å²) >= 11 is 0. The van der Waals surface area contributed by atoms with Gasteiger partial charge in [-0.15, -0.1) is 0 Å². The first kappa shape index (κ1) is 25.8. The average Bonchev–Trinajstić information content (AvgIpc) is 3.60. The Balaban J connectivity index is 1.36. The molecular formula is C28H30FN5O3S. The molecule has 1 amide bonds. The molecule has 0 spiro atoms. The first-order valence-electron chi connectivity index (χ1n) is 12.4. The number of hydrogen-bond acceptors (Lipinski definition) is 6. The Morgan fingerprint density at radius 3 is 2.66 bits per heavy atom. The number of nitrogens with one attached hydrogen (secondary N) is 2. The van der Waals surface area contributed by atoms with Crippen molar-refractivity contribution >= 4 is 32.2 Å². The Morgan fingerprint density at radius 2 is 2.00 bits per heavy atom. The van der Waals surface area contributed by atoms with Gasteiger partial charge in [-0.25, -0.2) is 13.4 Å². The lowest BCUT2D eigenvalue weighted by atomic mass is 10.1. The zero-order valence-electron chi connectivity index (χ0n) is 21.7. The molecule has 2 aromatic heterocycles. The van der Waals surface area contributed by atoms with Crippen LogP contribution in [-0.2, 0) is 26.5 Å². The van der Waals surface area contributed by atoms with Gasteiger partial charge in [0.05, 0.1) is 39.1 Å². The number of carbonyl (C=O) groups excluding carboxylic acids is 1. The second-order valence-electron chi connectivity index (χ2n) is 10.7. The van der Waals surface area contributed by atoms with Crippen LogP contribution in [0.15, 0.2) is 59.9 Å². The summed E-state index contributed by atoms with van der Waals surface area (Å²) in [5.74, 6) is -0.497. The molecule has 198 valence electrons. The summed E-state index contributed by atoms with van der Waals surface area (Å²) < 4.78 is 44.3. The largest absolute Gasteiger partial charge is 0.453 e. The van der Waals surface area contributed by atoms with Crippen molar-refractivity contribution in [2.45, 2.75) is 62.6 Å². The molecule has 2 N–H and O–H groups in total. The first-order chi connectivity index (χ1) is 17.9. The van der Waals surface area contributed by atoms with Gasteiger partial charge in [0.15, 0.2) is 11.6 Å². The smallest absolute Gasteiger partial charge is 0.228 e. The first-order valence-corrected chi connectivity index (χ1v) is 14.0. The van der Waals surface area contributed by atoms with Crippen molar-refractivity contribution in [3.05, 3.63) is 71.9 Å². The van der Waals surface area contributed by atoms with Crippen LogP contribution in [0, 0.1) is 17.5 Å². The standard InChI is InChI=1S/C28H30FN5O3S/c1-17-11-18(13-26(35)33-19-15-32-34(16-19)28(2,3)4)12-23(29)27(17)37-25-9-10-31-24-8-7-21(14-22(24)25)38(30,36)20-5-6-20/h7-12,14-16,20,30H,5-6,13H2,1-4H3,(H,33,35). The predicted octanol–water partition coefficient (Wildman–Crippen LogP) is 6.18. The van der Waals surface area contributed by atoms with E-state index in [1.165, 1.54) is 6.07 Å². The molecule has 10 heteroatoms. The van der Waals surface area contributed by atoms with Crippen molar-refractivity contribution in [2.24, 2.45) is 0 Å². The normalized spacial score (nSPS) is 15.3. The molecule has 2 aromatic carbocycles. The molecule has 0 saturated heterocycles. The molecule has 1 unspecified atom stereocenters. The van der Waals surface area contributed by atoms with E-state index in [1.54, 1.807) is 60.5 Å². The van der Waals surface area contributed by atoms with E-state index >= 15 is 4.39 Å². The number of nitrogens with zero attached hydrogens (tertiary/aromatic N) is 3. The lowest BCUT2D eigenvalue weighted by Crippen LogP contribution is -2.22. The molecule has 8 nitrogen and oxygen atoms in total. The third-order valence-electron chi connectivity index (χ3n) is 6.44. The van der Waals surface area contributed by atoms with E-state index in [0.29, 0.717) is 38.4 Å². The van der Waals surface area contributed by atoms with Gasteiger partial charge in [-0.2, -0.15) is 5.10 Å². The number of ether oxygens (including phenoxy) is 1. The zero-order chi connectivity index (χ0) is 27.2. The second-order valence-corrected chi connectivity index (χ2v) is 13.0. The number of hydrogen-bond donors (Lipinski definition) is 2. The molecule has 0 aliphatic heterocycles. The molecule has 38 heavy (non-hydrogen) atoms. The van der Waals surface area contributed by atoms with E-state index in [2.05, 4.69) is 15.4 Å². The number of aryl methyl sites for hydroxylation is 1. The highest BCUT2D eigenvalue weighted by Gasteiger charge is 2.34. The molecule has 0 bridgehead atoms. The van der Waals surface area contributed by atoms with Crippen molar-refractivity contribution in [1.82, 2.24) is 14.8 Å². The van der Waals surface area contributed by atoms with Crippen LogP contribution < -0.4 is 10.1 Å². The number of anilines is 1. The second kappa shape index (κ2) is 9.50. The van der Waals surface area contributed by atoms with Gasteiger partial charge in [-0.1, -0.05) is 6.07 Å². The lowest BCUT2D eigenvalue weighted by Gasteiger charge is -2.18. The molecule has 1 fully saturated rings. The fourth-order valence-electron chi connectivity index (χ4n) is 4.26. The highest BCUT2D eigenvalue weighted by atomic mass is 32.2. The van der Waals surface area contributed by atoms with Gasteiger partial charge in [-0.3, -0.25) is 14.5 Å². The predicted molar refractivity (Wildman–Crippen MR) is 145 cm³/mol. The summed E-state index contributed by atoms with van der Waals surface area (Å²) in [6.07, 6.45) is 6.45. The SMILES string of the molecule is Cc1cc(CC(=O)Nc2cnn(C(C)(C)C)c2)cc(F)c1Oc1ccnc2ccc(S(=N)(=O)C3CC3)cc12. The highest BCUT2D eigenvalue weighted by molar-refractivity contribution is 7.93. The highest BCUT2D eigenvalue weighted by Crippen LogP contribution is 2.38. The summed E-state index contributed by atoms with van der Waals surface area (Å²) in [6, 6.07) is 9.68. The monoisotopic (exact) mass is 535 g/mol. The van der Waals surface area contributed by atoms with E-state index < -0.39 is 15.5 Å². The van der Waals surface area contributed by atoms with Crippen molar-refractivity contribution in [1.29, 1.82) is 4.78 Å².